The van der Waals surface area contributed by atoms with Gasteiger partial charge in [0, 0.05) is 53.7 Å². The smallest absolute Gasteiger partial charge is 0.471 e. The maximum atomic E-state index is 14.0. The van der Waals surface area contributed by atoms with Crippen LogP contribution < -0.4 is 15.9 Å². The number of pyridine rings is 3. The number of halogens is 6. The Bertz CT molecular complexity index is 2160. The van der Waals surface area contributed by atoms with Crippen molar-refractivity contribution in [1.29, 1.82) is 0 Å². The molecule has 50 heavy (non-hydrogen) atoms. The summed E-state index contributed by atoms with van der Waals surface area (Å²) >= 11 is 0. The van der Waals surface area contributed by atoms with Gasteiger partial charge in [-0.2, -0.15) is 36.3 Å². The van der Waals surface area contributed by atoms with Crippen LogP contribution in [0, 0.1) is 0 Å². The summed E-state index contributed by atoms with van der Waals surface area (Å²) in [5, 5.41) is 14.9. The third kappa shape index (κ3) is 6.23. The molecule has 6 aromatic rings. The Morgan fingerprint density at radius 3 is 1.70 bits per heavy atom. The Kier molecular flexibility index (Phi) is 8.36. The molecule has 0 N–H and O–H groups in total. The molecular weight excluding hydrogens is 684 g/mol. The second kappa shape index (κ2) is 12.4. The van der Waals surface area contributed by atoms with Crippen molar-refractivity contribution in [2.45, 2.75) is 44.2 Å². The van der Waals surface area contributed by atoms with Gasteiger partial charge >= 0.3 is 24.1 Å². The minimum atomic E-state index is -4.95. The summed E-state index contributed by atoms with van der Waals surface area (Å²) in [7, 11) is 1.41. The first-order chi connectivity index (χ1) is 23.6. The first-order valence-electron chi connectivity index (χ1n) is 14.2. The number of hydrogen-bond acceptors (Lipinski definition) is 13. The number of alkyl halides is 6. The van der Waals surface area contributed by atoms with Crippen molar-refractivity contribution in [2.75, 3.05) is 7.11 Å². The highest BCUT2D eigenvalue weighted by molar-refractivity contribution is 5.54. The molecule has 0 aromatic carbocycles. The third-order valence-corrected chi connectivity index (χ3v) is 7.23. The van der Waals surface area contributed by atoms with E-state index >= 15 is 0 Å². The topological polar surface area (TPSA) is 183 Å². The molecule has 0 fully saturated rings. The molecule has 6 heterocycles. The lowest BCUT2D eigenvalue weighted by molar-refractivity contribution is -0.160. The van der Waals surface area contributed by atoms with Gasteiger partial charge in [0.2, 0.25) is 23.2 Å². The lowest BCUT2D eigenvalue weighted by Gasteiger charge is -2.34. The Balaban J connectivity index is 1.59. The summed E-state index contributed by atoms with van der Waals surface area (Å²) < 4.78 is 101. The highest BCUT2D eigenvalue weighted by Gasteiger charge is 2.45. The Hall–Kier alpha value is -6.15. The highest BCUT2D eigenvalue weighted by atomic mass is 19.4. The largest absolute Gasteiger partial charge is 0.495 e. The van der Waals surface area contributed by atoms with E-state index in [0.29, 0.717) is 5.75 Å². The molecule has 0 radical (unpaired) electrons. The van der Waals surface area contributed by atoms with Crippen molar-refractivity contribution in [3.63, 3.8) is 0 Å². The molecule has 260 valence electrons. The predicted molar refractivity (Wildman–Crippen MR) is 153 cm³/mol. The summed E-state index contributed by atoms with van der Waals surface area (Å²) in [5.41, 5.74) is -4.02. The van der Waals surface area contributed by atoms with Crippen molar-refractivity contribution < 1.29 is 44.5 Å². The summed E-state index contributed by atoms with van der Waals surface area (Å²) in [4.78, 5) is 39.0. The minimum absolute atomic E-state index is 0.111. The fourth-order valence-corrected chi connectivity index (χ4v) is 4.85. The molecule has 0 atom stereocenters. The van der Waals surface area contributed by atoms with E-state index in [-0.39, 0.29) is 40.9 Å². The van der Waals surface area contributed by atoms with E-state index < -0.39 is 52.6 Å². The van der Waals surface area contributed by atoms with Crippen LogP contribution in [0.4, 0.5) is 26.3 Å². The van der Waals surface area contributed by atoms with E-state index in [0.717, 1.165) is 33.7 Å². The molecule has 6 aromatic heterocycles. The van der Waals surface area contributed by atoms with Crippen molar-refractivity contribution >= 4 is 0 Å². The average molecular weight is 706 g/mol. The van der Waals surface area contributed by atoms with Crippen LogP contribution in [0.1, 0.15) is 49.0 Å². The van der Waals surface area contributed by atoms with Crippen LogP contribution in [0.5, 0.6) is 5.75 Å². The van der Waals surface area contributed by atoms with E-state index in [1.807, 2.05) is 0 Å². The number of methoxy groups -OCH3 is 1. The van der Waals surface area contributed by atoms with Gasteiger partial charge in [0.1, 0.15) is 5.75 Å². The van der Waals surface area contributed by atoms with Gasteiger partial charge in [-0.25, -0.2) is 0 Å². The van der Waals surface area contributed by atoms with Crippen LogP contribution in [0.25, 0.3) is 22.8 Å². The molecule has 0 aliphatic heterocycles. The van der Waals surface area contributed by atoms with Crippen molar-refractivity contribution in [3.8, 4) is 28.5 Å². The van der Waals surface area contributed by atoms with Crippen LogP contribution >= 0.6 is 0 Å². The van der Waals surface area contributed by atoms with Gasteiger partial charge in [0.05, 0.1) is 13.3 Å². The van der Waals surface area contributed by atoms with Crippen molar-refractivity contribution in [2.24, 2.45) is 0 Å². The average Bonchev–Trinajstić information content (AvgIpc) is 3.85. The quantitative estimate of drug-likeness (QED) is 0.191. The van der Waals surface area contributed by atoms with Crippen LogP contribution in [0.3, 0.4) is 0 Å². The summed E-state index contributed by atoms with van der Waals surface area (Å²) in [6, 6.07) is 7.28. The summed E-state index contributed by atoms with van der Waals surface area (Å²) in [6.45, 7) is 3.48. The van der Waals surface area contributed by atoms with E-state index in [1.54, 1.807) is 19.9 Å². The molecule has 6 rings (SSSR count). The maximum Gasteiger partial charge on any atom is 0.471 e. The van der Waals surface area contributed by atoms with Gasteiger partial charge < -0.3 is 18.2 Å². The lowest BCUT2D eigenvalue weighted by Crippen LogP contribution is -2.53. The summed E-state index contributed by atoms with van der Waals surface area (Å²) in [5.74, 6) is -4.53. The number of rotatable bonds is 9. The molecule has 0 bridgehead atoms. The Morgan fingerprint density at radius 2 is 1.32 bits per heavy atom. The molecule has 0 saturated heterocycles. The van der Waals surface area contributed by atoms with Crippen LogP contribution in [-0.4, -0.2) is 51.7 Å². The molecular formula is C29H21F6N9O6. The van der Waals surface area contributed by atoms with E-state index in [1.165, 1.54) is 31.5 Å². The second-order valence-electron chi connectivity index (χ2n) is 10.9. The summed E-state index contributed by atoms with van der Waals surface area (Å²) in [6.07, 6.45) is -6.60. The Labute approximate surface area is 274 Å². The fourth-order valence-electron chi connectivity index (χ4n) is 4.85. The maximum absolute atomic E-state index is 14.0. The molecule has 21 heteroatoms. The molecule has 0 aliphatic carbocycles. The number of nitrogens with zero attached hydrogens (tertiary/aromatic N) is 9. The SMILES string of the molecule is COc1ccc(CC(c2nnc(C(C)C)o2)(n2ccc(-c3noc(C(F)(F)F)n3)cc2=O)n2ccc(-c3noc(C(F)(F)F)n3)cc2=O)nc1. The molecule has 15 nitrogen and oxygen atoms in total. The highest BCUT2D eigenvalue weighted by Crippen LogP contribution is 2.34. The normalized spacial score (nSPS) is 12.5. The van der Waals surface area contributed by atoms with Gasteiger partial charge in [-0.15, -0.1) is 10.2 Å². The second-order valence-corrected chi connectivity index (χ2v) is 10.9. The first kappa shape index (κ1) is 33.7. The van der Waals surface area contributed by atoms with E-state index in [9.17, 15) is 35.9 Å². The zero-order valence-corrected chi connectivity index (χ0v) is 25.7. The molecule has 0 saturated carbocycles. The number of aromatic nitrogens is 9. The minimum Gasteiger partial charge on any atom is -0.495 e. The number of hydrogen-bond donors (Lipinski definition) is 0. The van der Waals surface area contributed by atoms with Gasteiger partial charge in [0.25, 0.3) is 17.0 Å². The standard InChI is InChI=1S/C29H21F6N9O6/c1-14(2)23-39-40-24(48-23)27(12-17-4-5-18(47-3)13-36-17,43-8-6-15(10-19(43)45)21-37-25(49-41-21)28(30,31)32)44-9-7-16(11-20(44)46)22-38-26(50-42-22)29(33,34)35/h4-11,13-14H,12H2,1-3H3. The fraction of sp³-hybridized carbons (Fsp3) is 0.276. The van der Waals surface area contributed by atoms with Crippen molar-refractivity contribution in [3.05, 3.63) is 105 Å². The molecule has 0 amide bonds. The number of ether oxygens (including phenoxy) is 1. The van der Waals surface area contributed by atoms with Gasteiger partial charge in [-0.3, -0.25) is 23.7 Å². The predicted octanol–water partition coefficient (Wildman–Crippen LogP) is 4.55. The monoisotopic (exact) mass is 705 g/mol. The third-order valence-electron chi connectivity index (χ3n) is 7.23. The first-order valence-corrected chi connectivity index (χ1v) is 14.2. The molecule has 0 aliphatic rings. The van der Waals surface area contributed by atoms with Crippen LogP contribution in [0.15, 0.2) is 78.0 Å². The lowest BCUT2D eigenvalue weighted by atomic mass is 10.00. The zero-order chi connectivity index (χ0) is 36.0. The van der Waals surface area contributed by atoms with Crippen LogP contribution in [0.2, 0.25) is 0 Å². The molecule has 0 unspecified atom stereocenters. The zero-order valence-electron chi connectivity index (χ0n) is 25.7. The van der Waals surface area contributed by atoms with Crippen LogP contribution in [-0.2, 0) is 24.4 Å². The van der Waals surface area contributed by atoms with Gasteiger partial charge in [-0.1, -0.05) is 24.2 Å². The molecule has 0 spiro atoms. The van der Waals surface area contributed by atoms with E-state index in [2.05, 4.69) is 44.5 Å². The Morgan fingerprint density at radius 1 is 0.780 bits per heavy atom. The van der Waals surface area contributed by atoms with Crippen molar-refractivity contribution in [1.82, 2.24) is 44.6 Å². The van der Waals surface area contributed by atoms with Gasteiger partial charge in [-0.05, 0) is 24.3 Å². The van der Waals surface area contributed by atoms with E-state index in [4.69, 9.17) is 9.15 Å². The van der Waals surface area contributed by atoms with Gasteiger partial charge in [0.15, 0.2) is 0 Å².